The Balaban J connectivity index is 1.06. The van der Waals surface area contributed by atoms with Gasteiger partial charge in [0.05, 0.1) is 17.9 Å². The van der Waals surface area contributed by atoms with E-state index in [1.54, 1.807) is 14.7 Å². The van der Waals surface area contributed by atoms with Gasteiger partial charge in [-0.15, -0.1) is 0 Å². The number of urea groups is 1. The van der Waals surface area contributed by atoms with E-state index >= 15 is 0 Å². The molecule has 14 heteroatoms. The van der Waals surface area contributed by atoms with Crippen molar-refractivity contribution >= 4 is 34.5 Å². The van der Waals surface area contributed by atoms with E-state index in [4.69, 9.17) is 14.2 Å². The van der Waals surface area contributed by atoms with Crippen LogP contribution >= 0.6 is 0 Å². The quantitative estimate of drug-likeness (QED) is 0.234. The number of H-pyrrole nitrogens is 1. The van der Waals surface area contributed by atoms with Crippen molar-refractivity contribution in [1.29, 1.82) is 0 Å². The highest BCUT2D eigenvalue weighted by molar-refractivity contribution is 6.05. The van der Waals surface area contributed by atoms with Gasteiger partial charge in [0.15, 0.2) is 5.82 Å². The zero-order valence-electron chi connectivity index (χ0n) is 30.9. The first-order valence-corrected chi connectivity index (χ1v) is 19.3. The molecule has 2 atom stereocenters. The molecule has 2 saturated heterocycles. The zero-order valence-corrected chi connectivity index (χ0v) is 30.9. The minimum absolute atomic E-state index is 0.0526. The molecule has 3 aromatic carbocycles. The number of aromatic amines is 1. The smallest absolute Gasteiger partial charge is 0.381 e. The Morgan fingerprint density at radius 2 is 1.59 bits per heavy atom. The third kappa shape index (κ3) is 5.41. The van der Waals surface area contributed by atoms with Gasteiger partial charge in [-0.2, -0.15) is 0 Å². The van der Waals surface area contributed by atoms with Gasteiger partial charge in [0.1, 0.15) is 11.2 Å². The summed E-state index contributed by atoms with van der Waals surface area (Å²) in [6.45, 7) is 4.62. The molecule has 3 fully saturated rings. The van der Waals surface area contributed by atoms with Gasteiger partial charge in [0, 0.05) is 55.0 Å². The molecular weight excluding hydrogens is 713 g/mol. The predicted molar refractivity (Wildman–Crippen MR) is 208 cm³/mol. The molecule has 0 bridgehead atoms. The maximum Gasteiger partial charge on any atom is 0.438 e. The molecule has 3 aliphatic heterocycles. The Hall–Kier alpha value is -6.28. The fourth-order valence-corrected chi connectivity index (χ4v) is 9.05. The highest BCUT2D eigenvalue weighted by atomic mass is 16.5. The summed E-state index contributed by atoms with van der Waals surface area (Å²) in [5.74, 6) is 0.129. The lowest BCUT2D eigenvalue weighted by Crippen LogP contribution is -2.43. The SMILES string of the molecule is CC1CC1(c1noc(=O)[nH]1)n1c(C(=O)N2CCc3c(nc(N4CCN(c5ccccc5)C4=O)n(-c4ccccc4)c3=O)C2)cc2cc(C3CCOCC3)ccc21. The minimum atomic E-state index is -0.789. The number of nitrogens with zero attached hydrogens (tertiary/aromatic N) is 7. The predicted octanol–water partition coefficient (Wildman–Crippen LogP) is 5.19. The first-order chi connectivity index (χ1) is 27.3. The van der Waals surface area contributed by atoms with Crippen molar-refractivity contribution in [3.63, 3.8) is 0 Å². The number of rotatable bonds is 7. The maximum absolute atomic E-state index is 15.0. The maximum atomic E-state index is 15.0. The van der Waals surface area contributed by atoms with Crippen molar-refractivity contribution in [2.75, 3.05) is 42.6 Å². The van der Waals surface area contributed by atoms with Crippen LogP contribution in [0.2, 0.25) is 0 Å². The van der Waals surface area contributed by atoms with Gasteiger partial charge >= 0.3 is 11.8 Å². The molecule has 0 radical (unpaired) electrons. The van der Waals surface area contributed by atoms with Crippen molar-refractivity contribution in [3.05, 3.63) is 134 Å². The number of amides is 3. The van der Waals surface area contributed by atoms with Crippen LogP contribution < -0.4 is 21.1 Å². The Kier molecular flexibility index (Phi) is 8.06. The second-order valence-corrected chi connectivity index (χ2v) is 15.3. The molecule has 1 aliphatic carbocycles. The molecule has 6 heterocycles. The van der Waals surface area contributed by atoms with Crippen molar-refractivity contribution in [3.8, 4) is 5.69 Å². The van der Waals surface area contributed by atoms with E-state index < -0.39 is 11.3 Å². The Morgan fingerprint density at radius 3 is 2.29 bits per heavy atom. The molecule has 284 valence electrons. The number of benzene rings is 3. The van der Waals surface area contributed by atoms with Crippen LogP contribution in [0.15, 0.2) is 99.0 Å². The molecule has 3 amide bonds. The second kappa shape index (κ2) is 13.2. The first-order valence-electron chi connectivity index (χ1n) is 19.3. The zero-order chi connectivity index (χ0) is 38.1. The summed E-state index contributed by atoms with van der Waals surface area (Å²) in [5.41, 5.74) is 3.80. The summed E-state index contributed by atoms with van der Waals surface area (Å²) in [5, 5.41) is 5.05. The number of anilines is 2. The Morgan fingerprint density at radius 1 is 0.875 bits per heavy atom. The molecule has 2 unspecified atom stereocenters. The molecule has 4 aliphatic rings. The van der Waals surface area contributed by atoms with E-state index in [1.165, 1.54) is 10.1 Å². The van der Waals surface area contributed by atoms with Crippen molar-refractivity contribution in [2.24, 2.45) is 5.92 Å². The summed E-state index contributed by atoms with van der Waals surface area (Å²) >= 11 is 0. The van der Waals surface area contributed by atoms with E-state index in [-0.39, 0.29) is 42.3 Å². The van der Waals surface area contributed by atoms with Crippen LogP contribution in [0.4, 0.5) is 16.4 Å². The number of hydrogen-bond acceptors (Lipinski definition) is 8. The van der Waals surface area contributed by atoms with Gasteiger partial charge in [-0.3, -0.25) is 28.9 Å². The van der Waals surface area contributed by atoms with Crippen molar-refractivity contribution < 1.29 is 18.8 Å². The van der Waals surface area contributed by atoms with E-state index in [0.29, 0.717) is 73.6 Å². The average molecular weight is 753 g/mol. The lowest BCUT2D eigenvalue weighted by Gasteiger charge is -2.31. The van der Waals surface area contributed by atoms with E-state index in [1.807, 2.05) is 71.3 Å². The summed E-state index contributed by atoms with van der Waals surface area (Å²) in [7, 11) is 0. The molecule has 0 spiro atoms. The Bertz CT molecular complexity index is 2620. The highest BCUT2D eigenvalue weighted by Crippen LogP contribution is 2.56. The molecular formula is C42H40N8O6. The average Bonchev–Trinajstić information content (AvgIpc) is 3.56. The van der Waals surface area contributed by atoms with Crippen LogP contribution in [-0.4, -0.2) is 73.9 Å². The molecule has 3 aromatic heterocycles. The standard InChI is InChI=1S/C42H40N8O6/c1-26-24-42(26,38-44-40(53)56-45-38)50-34-13-12-28(27-15-20-55-21-16-27)22-29(34)23-35(50)37(52)46-17-14-32-33(25-46)43-39(49(36(32)51)31-10-6-3-7-11-31)48-19-18-47(41(48)54)30-8-4-2-5-9-30/h2-13,22-23,26-27H,14-21,24-25H2,1H3,(H,44,45,53). The molecule has 1 saturated carbocycles. The summed E-state index contributed by atoms with van der Waals surface area (Å²) < 4.78 is 14.2. The normalized spacial score (nSPS) is 21.2. The van der Waals surface area contributed by atoms with Gasteiger partial charge in [-0.05, 0) is 85.5 Å². The summed E-state index contributed by atoms with van der Waals surface area (Å²) in [6.07, 6.45) is 2.80. The van der Waals surface area contributed by atoms with Gasteiger partial charge in [0.2, 0.25) is 5.95 Å². The lowest BCUT2D eigenvalue weighted by atomic mass is 9.91. The minimum Gasteiger partial charge on any atom is -0.381 e. The van der Waals surface area contributed by atoms with Gasteiger partial charge in [-0.1, -0.05) is 54.5 Å². The van der Waals surface area contributed by atoms with Gasteiger partial charge in [-0.25, -0.2) is 19.1 Å². The number of carbonyl (C=O) groups excluding carboxylic acids is 2. The van der Waals surface area contributed by atoms with Gasteiger partial charge in [0.25, 0.3) is 11.5 Å². The highest BCUT2D eigenvalue weighted by Gasteiger charge is 2.59. The molecule has 1 N–H and O–H groups in total. The van der Waals surface area contributed by atoms with Crippen LogP contribution in [-0.2, 0) is 23.2 Å². The van der Waals surface area contributed by atoms with E-state index in [0.717, 1.165) is 29.4 Å². The molecule has 56 heavy (non-hydrogen) atoms. The van der Waals surface area contributed by atoms with Crippen LogP contribution in [0.1, 0.15) is 65.2 Å². The number of para-hydroxylation sites is 2. The van der Waals surface area contributed by atoms with Crippen molar-refractivity contribution in [2.45, 2.75) is 50.6 Å². The van der Waals surface area contributed by atoms with Crippen LogP contribution in [0, 0.1) is 5.92 Å². The van der Waals surface area contributed by atoms with Crippen LogP contribution in [0.3, 0.4) is 0 Å². The van der Waals surface area contributed by atoms with Crippen molar-refractivity contribution in [1.82, 2.24) is 29.2 Å². The number of aromatic nitrogens is 5. The first kappa shape index (κ1) is 34.2. The number of hydrogen-bond donors (Lipinski definition) is 1. The number of nitrogens with one attached hydrogen (secondary N) is 1. The fraction of sp³-hybridized carbons (Fsp3) is 0.333. The lowest BCUT2D eigenvalue weighted by molar-refractivity contribution is 0.0717. The molecule has 10 rings (SSSR count). The molecule has 6 aromatic rings. The number of fused-ring (bicyclic) bond motifs is 2. The monoisotopic (exact) mass is 752 g/mol. The Labute approximate surface area is 320 Å². The summed E-state index contributed by atoms with van der Waals surface area (Å²) in [4.78, 5) is 68.5. The van der Waals surface area contributed by atoms with Gasteiger partial charge < -0.3 is 14.2 Å². The van der Waals surface area contributed by atoms with E-state index in [2.05, 4.69) is 35.3 Å². The number of carbonyl (C=O) groups is 2. The largest absolute Gasteiger partial charge is 0.438 e. The summed E-state index contributed by atoms with van der Waals surface area (Å²) in [6, 6.07) is 26.7. The van der Waals surface area contributed by atoms with E-state index in [9.17, 15) is 19.2 Å². The van der Waals surface area contributed by atoms with Crippen LogP contribution in [0.25, 0.3) is 16.6 Å². The van der Waals surface area contributed by atoms with Crippen LogP contribution in [0.5, 0.6) is 0 Å². The third-order valence-corrected chi connectivity index (χ3v) is 12.1. The third-order valence-electron chi connectivity index (χ3n) is 12.1. The topological polar surface area (TPSA) is 152 Å². The second-order valence-electron chi connectivity index (χ2n) is 15.3. The fourth-order valence-electron chi connectivity index (χ4n) is 9.05. The number of ether oxygens (including phenoxy) is 1. The molecule has 14 nitrogen and oxygen atoms in total.